The van der Waals surface area contributed by atoms with Crippen molar-refractivity contribution in [2.75, 3.05) is 6.61 Å². The summed E-state index contributed by atoms with van der Waals surface area (Å²) < 4.78 is 7.68. The van der Waals surface area contributed by atoms with Gasteiger partial charge in [0.25, 0.3) is 5.91 Å². The number of aromatic nitrogens is 1. The van der Waals surface area contributed by atoms with E-state index in [9.17, 15) is 4.79 Å². The Bertz CT molecular complexity index is 1550. The fourth-order valence-corrected chi connectivity index (χ4v) is 4.34. The molecule has 0 fully saturated rings. The zero-order valence-electron chi connectivity index (χ0n) is 20.2. The molecule has 5 aromatic rings. The Morgan fingerprint density at radius 2 is 1.37 bits per heavy atom. The van der Waals surface area contributed by atoms with Gasteiger partial charge >= 0.3 is 0 Å². The fraction of sp³-hybridized carbons (Fsp3) is 0.0323. The van der Waals surface area contributed by atoms with E-state index in [0.717, 1.165) is 33.8 Å². The van der Waals surface area contributed by atoms with Gasteiger partial charge in [-0.05, 0) is 65.7 Å². The average molecular weight is 540 g/mol. The molecule has 0 aliphatic rings. The number of carbonyl (C=O) groups excluding carboxylic acids is 1. The minimum absolute atomic E-state index is 0.175. The second kappa shape index (κ2) is 11.8. The fourth-order valence-electron chi connectivity index (χ4n) is 4.09. The van der Waals surface area contributed by atoms with Crippen LogP contribution in [-0.2, 0) is 4.79 Å². The van der Waals surface area contributed by atoms with E-state index in [1.165, 1.54) is 0 Å². The Labute approximate surface area is 230 Å². The number of ether oxygens (including phenoxy) is 1. The van der Waals surface area contributed by atoms with Gasteiger partial charge in [-0.2, -0.15) is 5.10 Å². The predicted octanol–water partition coefficient (Wildman–Crippen LogP) is 7.65. The average Bonchev–Trinajstić information content (AvgIpc) is 3.33. The van der Waals surface area contributed by atoms with Gasteiger partial charge in [-0.25, -0.2) is 5.43 Å². The van der Waals surface area contributed by atoms with Crippen molar-refractivity contribution in [3.8, 4) is 34.0 Å². The van der Waals surface area contributed by atoms with E-state index >= 15 is 0 Å². The maximum Gasteiger partial charge on any atom is 0.277 e. The molecule has 5 rings (SSSR count). The summed E-state index contributed by atoms with van der Waals surface area (Å²) in [5.41, 5.74) is 8.30. The lowest BCUT2D eigenvalue weighted by Gasteiger charge is -2.15. The highest BCUT2D eigenvalue weighted by Gasteiger charge is 2.18. The lowest BCUT2D eigenvalue weighted by Crippen LogP contribution is -2.24. The maximum absolute atomic E-state index is 12.4. The third kappa shape index (κ3) is 5.97. The molecule has 0 atom stereocenters. The van der Waals surface area contributed by atoms with Gasteiger partial charge in [0.15, 0.2) is 6.61 Å². The molecule has 0 spiro atoms. The largest absolute Gasteiger partial charge is 0.484 e. The lowest BCUT2D eigenvalue weighted by molar-refractivity contribution is -0.123. The van der Waals surface area contributed by atoms with E-state index in [1.807, 2.05) is 72.8 Å². The summed E-state index contributed by atoms with van der Waals surface area (Å²) in [6.07, 6.45) is 1.65. The normalized spacial score (nSPS) is 11.0. The van der Waals surface area contributed by atoms with Gasteiger partial charge in [-0.1, -0.05) is 83.9 Å². The smallest absolute Gasteiger partial charge is 0.277 e. The van der Waals surface area contributed by atoms with Gasteiger partial charge in [-0.15, -0.1) is 0 Å². The number of amides is 1. The van der Waals surface area contributed by atoms with Crippen molar-refractivity contribution >= 4 is 35.3 Å². The van der Waals surface area contributed by atoms with Crippen LogP contribution in [0.15, 0.2) is 120 Å². The standard InChI is InChI=1S/C31H23Cl2N3O2/c32-25-11-15-27(16-12-25)36-29(22-7-3-1-4-8-22)19-24(31(36)23-9-5-2-6-10-23)20-34-35-30(37)21-38-28-17-13-26(33)14-18-28/h1-20H,21H2,(H,35,37)/b34-20-. The molecule has 1 heterocycles. The van der Waals surface area contributed by atoms with Gasteiger partial charge in [0, 0.05) is 21.3 Å². The van der Waals surface area contributed by atoms with E-state index in [2.05, 4.69) is 33.3 Å². The summed E-state index contributed by atoms with van der Waals surface area (Å²) in [7, 11) is 0. The Hall–Kier alpha value is -4.32. The highest BCUT2D eigenvalue weighted by atomic mass is 35.5. The summed E-state index contributed by atoms with van der Waals surface area (Å²) >= 11 is 12.1. The Morgan fingerprint density at radius 1 is 0.789 bits per heavy atom. The number of benzene rings is 4. The van der Waals surface area contributed by atoms with Crippen LogP contribution in [0, 0.1) is 0 Å². The van der Waals surface area contributed by atoms with Crippen LogP contribution in [0.2, 0.25) is 10.0 Å². The molecule has 0 bridgehead atoms. The zero-order valence-corrected chi connectivity index (χ0v) is 21.7. The van der Waals surface area contributed by atoms with E-state index in [-0.39, 0.29) is 12.5 Å². The molecule has 4 aromatic carbocycles. The van der Waals surface area contributed by atoms with Crippen molar-refractivity contribution in [3.05, 3.63) is 131 Å². The Balaban J connectivity index is 1.49. The Kier molecular flexibility index (Phi) is 7.88. The molecule has 1 aromatic heterocycles. The van der Waals surface area contributed by atoms with Crippen LogP contribution >= 0.6 is 23.2 Å². The summed E-state index contributed by atoms with van der Waals surface area (Å²) in [4.78, 5) is 12.4. The molecule has 0 aliphatic heterocycles. The van der Waals surface area contributed by atoms with Gasteiger partial charge in [0.1, 0.15) is 5.75 Å². The van der Waals surface area contributed by atoms with Gasteiger partial charge in [-0.3, -0.25) is 4.79 Å². The number of hydrogen-bond donors (Lipinski definition) is 1. The number of carbonyl (C=O) groups is 1. The highest BCUT2D eigenvalue weighted by molar-refractivity contribution is 6.30. The molecule has 1 amide bonds. The van der Waals surface area contributed by atoms with Crippen molar-refractivity contribution < 1.29 is 9.53 Å². The van der Waals surface area contributed by atoms with E-state index < -0.39 is 0 Å². The van der Waals surface area contributed by atoms with Crippen molar-refractivity contribution in [1.82, 2.24) is 9.99 Å². The van der Waals surface area contributed by atoms with Gasteiger partial charge in [0.2, 0.25) is 0 Å². The van der Waals surface area contributed by atoms with Crippen LogP contribution in [0.3, 0.4) is 0 Å². The van der Waals surface area contributed by atoms with Crippen LogP contribution in [0.5, 0.6) is 5.75 Å². The molecule has 5 nitrogen and oxygen atoms in total. The first-order valence-corrected chi connectivity index (χ1v) is 12.7. The molecular formula is C31H23Cl2N3O2. The third-order valence-corrected chi connectivity index (χ3v) is 6.31. The number of nitrogens with one attached hydrogen (secondary N) is 1. The molecule has 0 unspecified atom stereocenters. The summed E-state index contributed by atoms with van der Waals surface area (Å²) in [6.45, 7) is -0.175. The molecule has 0 saturated heterocycles. The maximum atomic E-state index is 12.4. The third-order valence-electron chi connectivity index (χ3n) is 5.81. The van der Waals surface area contributed by atoms with Crippen molar-refractivity contribution in [2.45, 2.75) is 0 Å². The topological polar surface area (TPSA) is 55.6 Å². The van der Waals surface area contributed by atoms with E-state index in [0.29, 0.717) is 15.8 Å². The first-order chi connectivity index (χ1) is 18.6. The summed E-state index contributed by atoms with van der Waals surface area (Å²) in [5, 5.41) is 5.51. The van der Waals surface area contributed by atoms with Crippen LogP contribution in [-0.4, -0.2) is 23.3 Å². The first kappa shape index (κ1) is 25.3. The van der Waals surface area contributed by atoms with Crippen molar-refractivity contribution in [1.29, 1.82) is 0 Å². The van der Waals surface area contributed by atoms with Crippen LogP contribution in [0.25, 0.3) is 28.2 Å². The number of hydrogen-bond acceptors (Lipinski definition) is 3. The van der Waals surface area contributed by atoms with E-state index in [1.54, 1.807) is 30.5 Å². The molecule has 0 saturated carbocycles. The quantitative estimate of drug-likeness (QED) is 0.162. The molecular weight excluding hydrogens is 517 g/mol. The van der Waals surface area contributed by atoms with Crippen LogP contribution < -0.4 is 10.2 Å². The first-order valence-electron chi connectivity index (χ1n) is 11.9. The minimum atomic E-state index is -0.377. The molecule has 38 heavy (non-hydrogen) atoms. The molecule has 188 valence electrons. The number of nitrogens with zero attached hydrogens (tertiary/aromatic N) is 2. The SMILES string of the molecule is O=C(COc1ccc(Cl)cc1)N/N=C\c1cc(-c2ccccc2)n(-c2ccc(Cl)cc2)c1-c1ccccc1. The predicted molar refractivity (Wildman–Crippen MR) is 154 cm³/mol. The zero-order chi connectivity index (χ0) is 26.3. The lowest BCUT2D eigenvalue weighted by atomic mass is 10.1. The molecule has 0 aliphatic carbocycles. The Morgan fingerprint density at radius 3 is 2.00 bits per heavy atom. The second-order valence-electron chi connectivity index (χ2n) is 8.41. The minimum Gasteiger partial charge on any atom is -0.484 e. The summed E-state index contributed by atoms with van der Waals surface area (Å²) in [6, 6.07) is 36.8. The van der Waals surface area contributed by atoms with Crippen LogP contribution in [0.4, 0.5) is 0 Å². The number of hydrazone groups is 1. The van der Waals surface area contributed by atoms with Crippen LogP contribution in [0.1, 0.15) is 5.56 Å². The molecule has 7 heteroatoms. The monoisotopic (exact) mass is 539 g/mol. The molecule has 1 N–H and O–H groups in total. The van der Waals surface area contributed by atoms with Crippen molar-refractivity contribution in [2.24, 2.45) is 5.10 Å². The van der Waals surface area contributed by atoms with E-state index in [4.69, 9.17) is 27.9 Å². The second-order valence-corrected chi connectivity index (χ2v) is 9.29. The van der Waals surface area contributed by atoms with Gasteiger partial charge < -0.3 is 9.30 Å². The number of halogens is 2. The molecule has 0 radical (unpaired) electrons. The summed E-state index contributed by atoms with van der Waals surface area (Å²) in [5.74, 6) is 0.172. The number of rotatable bonds is 8. The van der Waals surface area contributed by atoms with Crippen molar-refractivity contribution in [3.63, 3.8) is 0 Å². The highest BCUT2D eigenvalue weighted by Crippen LogP contribution is 2.35. The van der Waals surface area contributed by atoms with Gasteiger partial charge in [0.05, 0.1) is 17.6 Å².